The minimum atomic E-state index is -3.63. The number of nitrogens with one attached hydrogen (secondary N) is 1. The first-order chi connectivity index (χ1) is 16.2. The van der Waals surface area contributed by atoms with Crippen LogP contribution in [0.1, 0.15) is 29.8 Å². The van der Waals surface area contributed by atoms with Gasteiger partial charge in [-0.15, -0.1) is 0 Å². The Hall–Kier alpha value is -2.27. The van der Waals surface area contributed by atoms with Gasteiger partial charge in [0, 0.05) is 71.5 Å². The number of hydrogen-bond acceptors (Lipinski definition) is 6. The van der Waals surface area contributed by atoms with Gasteiger partial charge in [-0.3, -0.25) is 9.69 Å². The molecule has 0 radical (unpaired) electrons. The Morgan fingerprint density at radius 1 is 1.06 bits per heavy atom. The van der Waals surface area contributed by atoms with Crippen molar-refractivity contribution in [3.05, 3.63) is 47.4 Å². The van der Waals surface area contributed by atoms with Crippen LogP contribution in [0.4, 0.5) is 0 Å². The maximum atomic E-state index is 12.9. The number of piperidine rings is 1. The molecule has 1 amide bonds. The molecule has 2 fully saturated rings. The van der Waals surface area contributed by atoms with E-state index in [0.717, 1.165) is 38.3 Å². The van der Waals surface area contributed by atoms with Crippen molar-refractivity contribution >= 4 is 15.9 Å². The van der Waals surface area contributed by atoms with Crippen LogP contribution in [0.2, 0.25) is 0 Å². The van der Waals surface area contributed by atoms with E-state index in [1.54, 1.807) is 24.7 Å². The number of hydrogen-bond donors (Lipinski definition) is 1. The van der Waals surface area contributed by atoms with Crippen molar-refractivity contribution in [2.75, 3.05) is 46.3 Å². The molecule has 1 aromatic carbocycles. The summed E-state index contributed by atoms with van der Waals surface area (Å²) in [5, 5.41) is 3.13. The Balaban J connectivity index is 1.26. The fourth-order valence-electron chi connectivity index (χ4n) is 4.58. The molecule has 10 heteroatoms. The Morgan fingerprint density at radius 2 is 1.74 bits per heavy atom. The van der Waals surface area contributed by atoms with E-state index in [-0.39, 0.29) is 16.9 Å². The molecule has 0 bridgehead atoms. The van der Waals surface area contributed by atoms with Gasteiger partial charge in [-0.1, -0.05) is 24.3 Å². The molecular formula is C24H36N6O3S. The third-order valence-electron chi connectivity index (χ3n) is 6.98. The van der Waals surface area contributed by atoms with E-state index in [4.69, 9.17) is 0 Å². The predicted molar refractivity (Wildman–Crippen MR) is 130 cm³/mol. The van der Waals surface area contributed by atoms with E-state index in [1.165, 1.54) is 9.87 Å². The predicted octanol–water partition coefficient (Wildman–Crippen LogP) is 1.19. The van der Waals surface area contributed by atoms with Gasteiger partial charge in [-0.2, -0.15) is 4.31 Å². The van der Waals surface area contributed by atoms with Gasteiger partial charge in [-0.25, -0.2) is 13.4 Å². The summed E-state index contributed by atoms with van der Waals surface area (Å²) in [4.78, 5) is 21.8. The van der Waals surface area contributed by atoms with E-state index in [2.05, 4.69) is 45.3 Å². The zero-order valence-corrected chi connectivity index (χ0v) is 21.2. The largest absolute Gasteiger partial charge is 0.352 e. The first kappa shape index (κ1) is 24.8. The lowest BCUT2D eigenvalue weighted by molar-refractivity contribution is -0.126. The molecule has 0 aliphatic carbocycles. The van der Waals surface area contributed by atoms with Crippen LogP contribution in [0, 0.1) is 12.8 Å². The summed E-state index contributed by atoms with van der Waals surface area (Å²) in [6.45, 7) is 8.19. The molecule has 3 heterocycles. The second kappa shape index (κ2) is 10.6. The molecule has 0 unspecified atom stereocenters. The standard InChI is InChI=1S/C24H36N6O3S/c1-19-26-23(18-28(19)3)34(32,33)30-9-7-22(8-10-30)24(31)25-16-20-5-4-6-21(15-20)17-29-13-11-27(2)12-14-29/h4-6,15,18,22H,7-14,16-17H2,1-3H3,(H,25,31). The summed E-state index contributed by atoms with van der Waals surface area (Å²) in [5.74, 6) is 0.473. The highest BCUT2D eigenvalue weighted by Crippen LogP contribution is 2.24. The van der Waals surface area contributed by atoms with E-state index in [9.17, 15) is 13.2 Å². The molecule has 34 heavy (non-hydrogen) atoms. The lowest BCUT2D eigenvalue weighted by atomic mass is 9.97. The Bertz CT molecular complexity index is 1080. The minimum Gasteiger partial charge on any atom is -0.352 e. The quantitative estimate of drug-likeness (QED) is 0.630. The summed E-state index contributed by atoms with van der Waals surface area (Å²) in [7, 11) is 0.310. The number of amides is 1. The molecule has 1 N–H and O–H groups in total. The molecule has 2 aromatic rings. The van der Waals surface area contributed by atoms with Gasteiger partial charge >= 0.3 is 0 Å². The lowest BCUT2D eigenvalue weighted by Gasteiger charge is -2.32. The highest BCUT2D eigenvalue weighted by molar-refractivity contribution is 7.89. The maximum absolute atomic E-state index is 12.9. The Kier molecular flexibility index (Phi) is 7.71. The van der Waals surface area contributed by atoms with Crippen LogP contribution in [-0.2, 0) is 35.0 Å². The van der Waals surface area contributed by atoms with Gasteiger partial charge in [0.05, 0.1) is 0 Å². The number of sulfonamides is 1. The zero-order chi connectivity index (χ0) is 24.3. The molecule has 4 rings (SSSR count). The van der Waals surface area contributed by atoms with Crippen LogP contribution in [0.15, 0.2) is 35.5 Å². The van der Waals surface area contributed by atoms with Crippen LogP contribution in [0.5, 0.6) is 0 Å². The first-order valence-electron chi connectivity index (χ1n) is 12.0. The number of rotatable bonds is 7. The summed E-state index contributed by atoms with van der Waals surface area (Å²) < 4.78 is 28.9. The number of likely N-dealkylation sites (N-methyl/N-ethyl adjacent to an activating group) is 1. The average molecular weight is 489 g/mol. The number of aryl methyl sites for hydroxylation is 2. The van der Waals surface area contributed by atoms with Crippen molar-refractivity contribution in [1.29, 1.82) is 0 Å². The fourth-order valence-corrected chi connectivity index (χ4v) is 6.07. The average Bonchev–Trinajstić information content (AvgIpc) is 3.18. The molecule has 0 spiro atoms. The fraction of sp³-hybridized carbons (Fsp3) is 0.583. The number of carbonyl (C=O) groups is 1. The Labute approximate surface area is 202 Å². The number of benzene rings is 1. The number of carbonyl (C=O) groups excluding carboxylic acids is 1. The molecule has 2 aliphatic heterocycles. The topological polar surface area (TPSA) is 90.8 Å². The summed E-state index contributed by atoms with van der Waals surface area (Å²) >= 11 is 0. The molecular weight excluding hydrogens is 452 g/mol. The SMILES string of the molecule is Cc1nc(S(=O)(=O)N2CCC(C(=O)NCc3cccc(CN4CCN(C)CC4)c3)CC2)cn1C. The number of aromatic nitrogens is 2. The monoisotopic (exact) mass is 488 g/mol. The van der Waals surface area contributed by atoms with E-state index in [0.29, 0.717) is 38.3 Å². The Morgan fingerprint density at radius 3 is 2.38 bits per heavy atom. The van der Waals surface area contributed by atoms with Gasteiger partial charge in [-0.05, 0) is 37.9 Å². The molecule has 186 valence electrons. The molecule has 2 aliphatic rings. The van der Waals surface area contributed by atoms with Crippen molar-refractivity contribution in [3.8, 4) is 0 Å². The van der Waals surface area contributed by atoms with Crippen molar-refractivity contribution < 1.29 is 13.2 Å². The summed E-state index contributed by atoms with van der Waals surface area (Å²) in [6.07, 6.45) is 2.57. The maximum Gasteiger partial charge on any atom is 0.262 e. The second-order valence-electron chi connectivity index (χ2n) is 9.53. The third kappa shape index (κ3) is 5.86. The van der Waals surface area contributed by atoms with Crippen molar-refractivity contribution in [1.82, 2.24) is 29.0 Å². The molecule has 1 aromatic heterocycles. The second-order valence-corrected chi connectivity index (χ2v) is 11.4. The van der Waals surface area contributed by atoms with Crippen molar-refractivity contribution in [3.63, 3.8) is 0 Å². The van der Waals surface area contributed by atoms with E-state index >= 15 is 0 Å². The molecule has 2 saturated heterocycles. The molecule has 9 nitrogen and oxygen atoms in total. The summed E-state index contributed by atoms with van der Waals surface area (Å²) in [6, 6.07) is 8.40. The van der Waals surface area contributed by atoms with Gasteiger partial charge in [0.2, 0.25) is 5.91 Å². The van der Waals surface area contributed by atoms with Gasteiger partial charge < -0.3 is 14.8 Å². The highest BCUT2D eigenvalue weighted by atomic mass is 32.2. The number of nitrogens with zero attached hydrogens (tertiary/aromatic N) is 5. The van der Waals surface area contributed by atoms with Crippen LogP contribution >= 0.6 is 0 Å². The van der Waals surface area contributed by atoms with Gasteiger partial charge in [0.25, 0.3) is 10.0 Å². The lowest BCUT2D eigenvalue weighted by Crippen LogP contribution is -2.43. The van der Waals surface area contributed by atoms with Crippen LogP contribution < -0.4 is 5.32 Å². The van der Waals surface area contributed by atoms with Crippen molar-refractivity contribution in [2.24, 2.45) is 13.0 Å². The van der Waals surface area contributed by atoms with Crippen LogP contribution in [0.3, 0.4) is 0 Å². The first-order valence-corrected chi connectivity index (χ1v) is 13.4. The van der Waals surface area contributed by atoms with E-state index < -0.39 is 10.0 Å². The molecule has 0 atom stereocenters. The zero-order valence-electron chi connectivity index (χ0n) is 20.4. The smallest absolute Gasteiger partial charge is 0.262 e. The highest BCUT2D eigenvalue weighted by Gasteiger charge is 2.33. The van der Waals surface area contributed by atoms with Gasteiger partial charge in [0.1, 0.15) is 5.82 Å². The minimum absolute atomic E-state index is 0.00445. The molecule has 0 saturated carbocycles. The van der Waals surface area contributed by atoms with Crippen LogP contribution in [0.25, 0.3) is 0 Å². The van der Waals surface area contributed by atoms with Gasteiger partial charge in [0.15, 0.2) is 5.03 Å². The number of imidazole rings is 1. The number of piperazine rings is 1. The third-order valence-corrected chi connectivity index (χ3v) is 8.75. The summed E-state index contributed by atoms with van der Waals surface area (Å²) in [5.41, 5.74) is 2.35. The normalized spacial score (nSPS) is 19.4. The van der Waals surface area contributed by atoms with E-state index in [1.807, 2.05) is 6.07 Å². The van der Waals surface area contributed by atoms with Crippen LogP contribution in [-0.4, -0.2) is 84.3 Å². The van der Waals surface area contributed by atoms with Crippen molar-refractivity contribution in [2.45, 2.75) is 37.9 Å².